The summed E-state index contributed by atoms with van der Waals surface area (Å²) in [6.45, 7) is 0. The van der Waals surface area contributed by atoms with Crippen LogP contribution >= 0.6 is 0 Å². The standard InChI is InChI=1S/C82H59N3Si2/c1-8-27-60(28-9-1)63-47-51-72(52-48-63)86(68-35-14-4-15-36-68,69-37-16-5-17-38-69)74-56-67(57-75(58-74)87(70-39-18-6-19-40-70,71-41-20-7-21-42-71)73-53-49-64(50-54-73)61-29-10-2-11-30-61)78-59-81(85-79-45-24-22-43-76(79)77-44-23-25-46-80(77)85)84-82(83-78)66-34-26-33-65(55-66)62-31-12-3-13-32-62/h1-59H. The molecular formula is C82H59N3Si2. The van der Waals surface area contributed by atoms with Crippen LogP contribution in [0.2, 0.25) is 0 Å². The Labute approximate surface area is 510 Å². The van der Waals surface area contributed by atoms with Gasteiger partial charge in [-0.05, 0) is 93.1 Å². The quantitative estimate of drug-likeness (QED) is 0.0802. The highest BCUT2D eigenvalue weighted by molar-refractivity contribution is 7.22. The van der Waals surface area contributed by atoms with E-state index in [4.69, 9.17) is 9.97 Å². The van der Waals surface area contributed by atoms with Gasteiger partial charge in [0.25, 0.3) is 0 Å². The van der Waals surface area contributed by atoms with Crippen LogP contribution in [0.3, 0.4) is 0 Å². The molecule has 0 aliphatic rings. The average molecular weight is 1140 g/mol. The molecule has 0 amide bonds. The maximum absolute atomic E-state index is 5.86. The molecule has 0 aliphatic heterocycles. The minimum atomic E-state index is -3.34. The lowest BCUT2D eigenvalue weighted by Gasteiger charge is -2.38. The number of benzene rings is 13. The van der Waals surface area contributed by atoms with Gasteiger partial charge in [-0.3, -0.25) is 4.57 Å². The molecule has 0 N–H and O–H groups in total. The summed E-state index contributed by atoms with van der Waals surface area (Å²) >= 11 is 0. The Balaban J connectivity index is 1.09. The third kappa shape index (κ3) is 9.56. The molecule has 0 radical (unpaired) electrons. The molecule has 0 fully saturated rings. The first-order valence-electron chi connectivity index (χ1n) is 29.9. The minimum Gasteiger partial charge on any atom is -0.294 e. The maximum atomic E-state index is 5.86. The van der Waals surface area contributed by atoms with E-state index in [-0.39, 0.29) is 0 Å². The maximum Gasteiger partial charge on any atom is 0.179 e. The Morgan fingerprint density at radius 2 is 0.529 bits per heavy atom. The van der Waals surface area contributed by atoms with Crippen molar-refractivity contribution in [2.24, 2.45) is 0 Å². The summed E-state index contributed by atoms with van der Waals surface area (Å²) in [5.74, 6) is 1.44. The predicted octanol–water partition coefficient (Wildman–Crippen LogP) is 14.7. The fourth-order valence-electron chi connectivity index (χ4n) is 13.5. The van der Waals surface area contributed by atoms with Crippen molar-refractivity contribution in [2.45, 2.75) is 0 Å². The third-order valence-corrected chi connectivity index (χ3v) is 27.0. The van der Waals surface area contributed by atoms with Crippen molar-refractivity contribution in [3.05, 3.63) is 358 Å². The lowest BCUT2D eigenvalue weighted by Crippen LogP contribution is -2.78. The van der Waals surface area contributed by atoms with Gasteiger partial charge in [-0.1, -0.05) is 334 Å². The van der Waals surface area contributed by atoms with E-state index in [9.17, 15) is 0 Å². The summed E-state index contributed by atoms with van der Waals surface area (Å²) in [7, 11) is -6.68. The normalized spacial score (nSPS) is 11.7. The highest BCUT2D eigenvalue weighted by Crippen LogP contribution is 2.35. The van der Waals surface area contributed by atoms with E-state index in [0.29, 0.717) is 5.82 Å². The first-order valence-corrected chi connectivity index (χ1v) is 33.9. The topological polar surface area (TPSA) is 30.7 Å². The van der Waals surface area contributed by atoms with Crippen LogP contribution in [0.4, 0.5) is 0 Å². The van der Waals surface area contributed by atoms with Gasteiger partial charge in [0.1, 0.15) is 5.82 Å². The first kappa shape index (κ1) is 52.9. The summed E-state index contributed by atoms with van der Waals surface area (Å²) in [6.07, 6.45) is 0. The second-order valence-electron chi connectivity index (χ2n) is 22.4. The summed E-state index contributed by atoms with van der Waals surface area (Å²) in [5, 5.41) is 12.6. The van der Waals surface area contributed by atoms with Crippen molar-refractivity contribution >= 4 is 79.4 Å². The van der Waals surface area contributed by atoms with E-state index in [1.165, 1.54) is 74.5 Å². The fraction of sp³-hybridized carbons (Fsp3) is 0. The molecule has 87 heavy (non-hydrogen) atoms. The van der Waals surface area contributed by atoms with Gasteiger partial charge in [0.2, 0.25) is 0 Å². The van der Waals surface area contributed by atoms with E-state index in [1.54, 1.807) is 0 Å². The van der Waals surface area contributed by atoms with E-state index < -0.39 is 16.1 Å². The molecule has 0 saturated carbocycles. The van der Waals surface area contributed by atoms with Gasteiger partial charge in [0.15, 0.2) is 22.0 Å². The van der Waals surface area contributed by atoms with Crippen molar-refractivity contribution < 1.29 is 0 Å². The van der Waals surface area contributed by atoms with E-state index >= 15 is 0 Å². The highest BCUT2D eigenvalue weighted by atomic mass is 28.3. The van der Waals surface area contributed by atoms with Crippen LogP contribution in [0.15, 0.2) is 358 Å². The fourth-order valence-corrected chi connectivity index (χ4v) is 23.2. The average Bonchev–Trinajstić information content (AvgIpc) is 1.45. The number of para-hydroxylation sites is 2. The molecule has 410 valence electrons. The molecule has 13 aromatic carbocycles. The van der Waals surface area contributed by atoms with Gasteiger partial charge in [-0.25, -0.2) is 9.97 Å². The van der Waals surface area contributed by atoms with Crippen LogP contribution in [0.5, 0.6) is 0 Å². The van der Waals surface area contributed by atoms with Crippen molar-refractivity contribution in [3.63, 3.8) is 0 Å². The summed E-state index contributed by atoms with van der Waals surface area (Å²) in [4.78, 5) is 11.5. The first-order chi connectivity index (χ1) is 43.1. The van der Waals surface area contributed by atoms with E-state index in [0.717, 1.165) is 44.8 Å². The molecule has 0 atom stereocenters. The lowest BCUT2D eigenvalue weighted by molar-refractivity contribution is 1.05. The molecule has 5 heteroatoms. The van der Waals surface area contributed by atoms with Gasteiger partial charge < -0.3 is 0 Å². The van der Waals surface area contributed by atoms with Crippen LogP contribution in [-0.4, -0.2) is 30.7 Å². The molecular weight excluding hydrogens is 1080 g/mol. The monoisotopic (exact) mass is 1140 g/mol. The predicted molar refractivity (Wildman–Crippen MR) is 371 cm³/mol. The molecule has 2 aromatic heterocycles. The molecule has 0 bridgehead atoms. The van der Waals surface area contributed by atoms with Crippen LogP contribution < -0.4 is 41.5 Å². The molecule has 2 heterocycles. The van der Waals surface area contributed by atoms with Gasteiger partial charge >= 0.3 is 0 Å². The minimum absolute atomic E-state index is 0.645. The van der Waals surface area contributed by atoms with Crippen LogP contribution in [-0.2, 0) is 0 Å². The number of rotatable bonds is 14. The molecule has 15 rings (SSSR count). The van der Waals surface area contributed by atoms with Crippen molar-refractivity contribution in [1.29, 1.82) is 0 Å². The number of hydrogen-bond donors (Lipinski definition) is 0. The van der Waals surface area contributed by atoms with Crippen molar-refractivity contribution in [1.82, 2.24) is 14.5 Å². The molecule has 0 unspecified atom stereocenters. The Morgan fingerprint density at radius 3 is 0.943 bits per heavy atom. The van der Waals surface area contributed by atoms with E-state index in [1.807, 2.05) is 0 Å². The molecule has 0 saturated heterocycles. The van der Waals surface area contributed by atoms with Crippen LogP contribution in [0.25, 0.3) is 83.6 Å². The number of hydrogen-bond acceptors (Lipinski definition) is 2. The summed E-state index contributed by atoms with van der Waals surface area (Å²) in [6, 6.07) is 133. The summed E-state index contributed by atoms with van der Waals surface area (Å²) < 4.78 is 2.34. The zero-order valence-corrected chi connectivity index (χ0v) is 49.9. The number of aromatic nitrogens is 3. The Morgan fingerprint density at radius 1 is 0.207 bits per heavy atom. The molecule has 3 nitrogen and oxygen atoms in total. The largest absolute Gasteiger partial charge is 0.294 e. The Kier molecular flexibility index (Phi) is 14.0. The van der Waals surface area contributed by atoms with Crippen molar-refractivity contribution in [3.8, 4) is 61.8 Å². The molecule has 15 aromatic rings. The Bertz CT molecular complexity index is 4550. The molecule has 0 spiro atoms. The van der Waals surface area contributed by atoms with E-state index in [2.05, 4.69) is 362 Å². The number of fused-ring (bicyclic) bond motifs is 3. The van der Waals surface area contributed by atoms with Gasteiger partial charge in [0.05, 0.1) is 16.7 Å². The van der Waals surface area contributed by atoms with Crippen molar-refractivity contribution in [2.75, 3.05) is 0 Å². The van der Waals surface area contributed by atoms with Crippen LogP contribution in [0.1, 0.15) is 0 Å². The third-order valence-electron chi connectivity index (χ3n) is 17.5. The van der Waals surface area contributed by atoms with Crippen LogP contribution in [0, 0.1) is 0 Å². The molecule has 0 aliphatic carbocycles. The zero-order valence-electron chi connectivity index (χ0n) is 47.9. The van der Waals surface area contributed by atoms with Gasteiger partial charge in [-0.2, -0.15) is 0 Å². The smallest absolute Gasteiger partial charge is 0.179 e. The SMILES string of the molecule is c1ccc(-c2ccc([Si](c3ccccc3)(c3ccccc3)c3cc(-c4cc(-n5c6ccccc6c6ccccc65)nc(-c5cccc(-c6ccccc6)c5)n4)cc([Si](c4ccccc4)(c4ccccc4)c4ccc(-c5ccccc5)cc4)c3)cc2)cc1. The van der Waals surface area contributed by atoms with Gasteiger partial charge in [0, 0.05) is 28.0 Å². The second kappa shape index (κ2) is 23.0. The Hall–Kier alpha value is -10.8. The number of nitrogens with zero attached hydrogens (tertiary/aromatic N) is 3. The lowest BCUT2D eigenvalue weighted by atomic mass is 10.0. The summed E-state index contributed by atoms with van der Waals surface area (Å²) in [5.41, 5.74) is 11.9. The second-order valence-corrected chi connectivity index (χ2v) is 30.0. The highest BCUT2D eigenvalue weighted by Gasteiger charge is 2.46. The van der Waals surface area contributed by atoms with Gasteiger partial charge in [-0.15, -0.1) is 0 Å². The zero-order chi connectivity index (χ0) is 58.0.